The second-order valence-electron chi connectivity index (χ2n) is 5.32. The van der Waals surface area contributed by atoms with E-state index in [1.807, 2.05) is 29.1 Å². The summed E-state index contributed by atoms with van der Waals surface area (Å²) in [5.74, 6) is 0.553. The molecule has 1 aromatic carbocycles. The van der Waals surface area contributed by atoms with Crippen LogP contribution in [0.25, 0.3) is 4.96 Å². The quantitative estimate of drug-likeness (QED) is 0.328. The lowest BCUT2D eigenvalue weighted by atomic mass is 10.1. The van der Waals surface area contributed by atoms with Crippen LogP contribution in [0.1, 0.15) is 18.2 Å². The summed E-state index contributed by atoms with van der Waals surface area (Å²) in [7, 11) is 0. The van der Waals surface area contributed by atoms with Crippen LogP contribution in [-0.4, -0.2) is 28.4 Å². The van der Waals surface area contributed by atoms with Crippen molar-refractivity contribution in [2.24, 2.45) is 4.99 Å². The van der Waals surface area contributed by atoms with Crippen LogP contribution >= 0.6 is 35.3 Å². The molecule has 0 bridgehead atoms. The fraction of sp³-hybridized carbons (Fsp3) is 0.294. The Morgan fingerprint density at radius 3 is 2.80 bits per heavy atom. The topological polar surface area (TPSA) is 53.7 Å². The van der Waals surface area contributed by atoms with Gasteiger partial charge in [0.1, 0.15) is 5.82 Å². The Morgan fingerprint density at radius 1 is 1.28 bits per heavy atom. The van der Waals surface area contributed by atoms with Crippen molar-refractivity contribution >= 4 is 46.2 Å². The third-order valence-electron chi connectivity index (χ3n) is 3.51. The summed E-state index contributed by atoms with van der Waals surface area (Å²) in [6.07, 6.45) is 4.80. The molecule has 0 atom stereocenters. The van der Waals surface area contributed by atoms with Crippen LogP contribution in [0.3, 0.4) is 0 Å². The van der Waals surface area contributed by atoms with E-state index >= 15 is 0 Å². The number of nitrogens with zero attached hydrogens (tertiary/aromatic N) is 3. The lowest BCUT2D eigenvalue weighted by Crippen LogP contribution is -2.38. The predicted molar refractivity (Wildman–Crippen MR) is 111 cm³/mol. The molecule has 8 heteroatoms. The van der Waals surface area contributed by atoms with Gasteiger partial charge < -0.3 is 10.6 Å². The second-order valence-corrected chi connectivity index (χ2v) is 6.20. The fourth-order valence-electron chi connectivity index (χ4n) is 2.33. The van der Waals surface area contributed by atoms with Crippen molar-refractivity contribution in [2.75, 3.05) is 13.1 Å². The second kappa shape index (κ2) is 9.71. The lowest BCUT2D eigenvalue weighted by Gasteiger charge is -2.11. The highest BCUT2D eigenvalue weighted by Gasteiger charge is 2.03. The van der Waals surface area contributed by atoms with Crippen molar-refractivity contribution in [3.63, 3.8) is 0 Å². The van der Waals surface area contributed by atoms with E-state index in [9.17, 15) is 4.39 Å². The first-order valence-electron chi connectivity index (χ1n) is 7.92. The highest BCUT2D eigenvalue weighted by molar-refractivity contribution is 14.0. The van der Waals surface area contributed by atoms with Crippen molar-refractivity contribution in [3.8, 4) is 0 Å². The summed E-state index contributed by atoms with van der Waals surface area (Å²) >= 11 is 1.61. The zero-order valence-electron chi connectivity index (χ0n) is 13.9. The summed E-state index contributed by atoms with van der Waals surface area (Å²) in [6, 6.07) is 6.58. The number of guanidine groups is 1. The highest BCUT2D eigenvalue weighted by Crippen LogP contribution is 2.11. The van der Waals surface area contributed by atoms with E-state index in [1.54, 1.807) is 23.5 Å². The number of aliphatic imine (C=N–C) groups is 1. The van der Waals surface area contributed by atoms with Crippen LogP contribution < -0.4 is 10.6 Å². The molecule has 0 aliphatic rings. The van der Waals surface area contributed by atoms with Gasteiger partial charge in [0.05, 0.1) is 12.2 Å². The molecule has 3 rings (SSSR count). The highest BCUT2D eigenvalue weighted by atomic mass is 127. The first-order chi connectivity index (χ1) is 11.7. The maximum Gasteiger partial charge on any atom is 0.193 e. The van der Waals surface area contributed by atoms with Gasteiger partial charge in [-0.2, -0.15) is 0 Å². The van der Waals surface area contributed by atoms with E-state index in [2.05, 4.69) is 20.6 Å². The SMILES string of the molecule is CCNC(=NCc1cn2ccsc2n1)NCCc1ccc(F)cc1.I. The summed E-state index contributed by atoms with van der Waals surface area (Å²) in [6.45, 7) is 4.08. The summed E-state index contributed by atoms with van der Waals surface area (Å²) in [4.78, 5) is 10.1. The number of aromatic nitrogens is 2. The van der Waals surface area contributed by atoms with Crippen molar-refractivity contribution in [3.05, 3.63) is 59.1 Å². The van der Waals surface area contributed by atoms with E-state index in [1.165, 1.54) is 12.1 Å². The molecule has 0 aliphatic heterocycles. The molecule has 3 aromatic rings. The largest absolute Gasteiger partial charge is 0.357 e. The molecule has 25 heavy (non-hydrogen) atoms. The Hall–Kier alpha value is -1.68. The molecule has 0 fully saturated rings. The van der Waals surface area contributed by atoms with Gasteiger partial charge in [0.2, 0.25) is 0 Å². The number of nitrogens with one attached hydrogen (secondary N) is 2. The van der Waals surface area contributed by atoms with Crippen molar-refractivity contribution < 1.29 is 4.39 Å². The Morgan fingerprint density at radius 2 is 2.08 bits per heavy atom. The molecule has 5 nitrogen and oxygen atoms in total. The standard InChI is InChI=1S/C17H20FN5S.HI/c1-2-19-16(20-8-7-13-3-5-14(18)6-4-13)21-11-15-12-23-9-10-24-17(23)22-15;/h3-6,9-10,12H,2,7-8,11H2,1H3,(H2,19,20,21);1H. The molecule has 2 N–H and O–H groups in total. The Bertz CT molecular complexity index is 783. The molecule has 2 aromatic heterocycles. The van der Waals surface area contributed by atoms with Gasteiger partial charge in [-0.05, 0) is 31.0 Å². The fourth-order valence-corrected chi connectivity index (χ4v) is 3.05. The monoisotopic (exact) mass is 473 g/mol. The van der Waals surface area contributed by atoms with Crippen LogP contribution in [-0.2, 0) is 13.0 Å². The maximum absolute atomic E-state index is 12.9. The van der Waals surface area contributed by atoms with Crippen LogP contribution in [0.5, 0.6) is 0 Å². The minimum atomic E-state index is -0.207. The first kappa shape index (κ1) is 19.6. The van der Waals surface area contributed by atoms with E-state index in [0.717, 1.165) is 41.7 Å². The number of fused-ring (bicyclic) bond motifs is 1. The number of thiazole rings is 1. The Kier molecular flexibility index (Phi) is 7.63. The van der Waals surface area contributed by atoms with Crippen molar-refractivity contribution in [2.45, 2.75) is 19.9 Å². The molecular formula is C17H21FIN5S. The number of hydrogen-bond acceptors (Lipinski definition) is 3. The van der Waals surface area contributed by atoms with Crippen LogP contribution in [0.4, 0.5) is 4.39 Å². The number of halogens is 2. The maximum atomic E-state index is 12.9. The molecule has 0 saturated carbocycles. The molecule has 0 unspecified atom stereocenters. The number of hydrogen-bond donors (Lipinski definition) is 2. The molecule has 134 valence electrons. The summed E-state index contributed by atoms with van der Waals surface area (Å²) < 4.78 is 14.9. The average molecular weight is 473 g/mol. The van der Waals surface area contributed by atoms with Crippen LogP contribution in [0.2, 0.25) is 0 Å². The molecule has 0 amide bonds. The van der Waals surface area contributed by atoms with E-state index in [4.69, 9.17) is 0 Å². The number of benzene rings is 1. The van der Waals surface area contributed by atoms with E-state index < -0.39 is 0 Å². The molecule has 0 spiro atoms. The zero-order chi connectivity index (χ0) is 16.8. The first-order valence-corrected chi connectivity index (χ1v) is 8.80. The van der Waals surface area contributed by atoms with Crippen molar-refractivity contribution in [1.29, 1.82) is 0 Å². The number of rotatable bonds is 6. The van der Waals surface area contributed by atoms with Crippen molar-refractivity contribution in [1.82, 2.24) is 20.0 Å². The van der Waals surface area contributed by atoms with Gasteiger partial charge in [0.15, 0.2) is 10.9 Å². The molecule has 2 heterocycles. The average Bonchev–Trinajstić information content (AvgIpc) is 3.16. The van der Waals surface area contributed by atoms with Crippen LogP contribution in [0.15, 0.2) is 47.0 Å². The van der Waals surface area contributed by atoms with Gasteiger partial charge in [-0.15, -0.1) is 35.3 Å². The molecule has 0 saturated heterocycles. The van der Waals surface area contributed by atoms with Gasteiger partial charge in [-0.1, -0.05) is 12.1 Å². The molecule has 0 aliphatic carbocycles. The zero-order valence-corrected chi connectivity index (χ0v) is 17.1. The van der Waals surface area contributed by atoms with Gasteiger partial charge in [-0.3, -0.25) is 4.40 Å². The third-order valence-corrected chi connectivity index (χ3v) is 4.28. The third kappa shape index (κ3) is 5.67. The number of imidazole rings is 1. The van der Waals surface area contributed by atoms with Gasteiger partial charge >= 0.3 is 0 Å². The summed E-state index contributed by atoms with van der Waals surface area (Å²) in [5.41, 5.74) is 2.03. The van der Waals surface area contributed by atoms with E-state index in [0.29, 0.717) is 6.54 Å². The smallest absolute Gasteiger partial charge is 0.193 e. The summed E-state index contributed by atoms with van der Waals surface area (Å²) in [5, 5.41) is 8.53. The predicted octanol–water partition coefficient (Wildman–Crippen LogP) is 3.45. The van der Waals surface area contributed by atoms with E-state index in [-0.39, 0.29) is 29.8 Å². The van der Waals surface area contributed by atoms with Crippen LogP contribution in [0, 0.1) is 5.82 Å². The molecular weight excluding hydrogens is 452 g/mol. The van der Waals surface area contributed by atoms with Gasteiger partial charge in [0.25, 0.3) is 0 Å². The van der Waals surface area contributed by atoms with Gasteiger partial charge in [0, 0.05) is 30.9 Å². The molecule has 0 radical (unpaired) electrons. The lowest BCUT2D eigenvalue weighted by molar-refractivity contribution is 0.626. The minimum Gasteiger partial charge on any atom is -0.357 e. The Labute approximate surface area is 167 Å². The normalized spacial score (nSPS) is 11.4. The minimum absolute atomic E-state index is 0. The Balaban J connectivity index is 0.00000225. The van der Waals surface area contributed by atoms with Gasteiger partial charge in [-0.25, -0.2) is 14.4 Å².